The number of nitrogens with one attached hydrogen (secondary N) is 1. The van der Waals surface area contributed by atoms with Crippen molar-refractivity contribution in [2.24, 2.45) is 5.73 Å². The third-order valence-electron chi connectivity index (χ3n) is 3.09. The first-order chi connectivity index (χ1) is 9.10. The lowest BCUT2D eigenvalue weighted by molar-refractivity contribution is 0.0930. The number of hydrogen-bond acceptors (Lipinski definition) is 4. The molecule has 1 rings (SSSR count). The molecule has 0 aliphatic heterocycles. The van der Waals surface area contributed by atoms with Crippen LogP contribution in [0.2, 0.25) is 0 Å². The summed E-state index contributed by atoms with van der Waals surface area (Å²) in [6.45, 7) is 9.43. The minimum Gasteiger partial charge on any atom is -0.348 e. The standard InChI is InChI=1S/C14H24N4O.2ClH/c1-4-18(5-2)10-11(3)17-14(19)12-6-7-16-13(8-12)9-15;;/h6-8,11H,4-5,9-10,15H2,1-3H3,(H,17,19);2*1H. The fourth-order valence-electron chi connectivity index (χ4n) is 1.95. The first-order valence-electron chi connectivity index (χ1n) is 6.78. The number of hydrogen-bond donors (Lipinski definition) is 2. The van der Waals surface area contributed by atoms with Crippen LogP contribution >= 0.6 is 24.8 Å². The largest absolute Gasteiger partial charge is 0.348 e. The van der Waals surface area contributed by atoms with E-state index in [2.05, 4.69) is 29.0 Å². The van der Waals surface area contributed by atoms with Crippen molar-refractivity contribution in [3.63, 3.8) is 0 Å². The van der Waals surface area contributed by atoms with Gasteiger partial charge >= 0.3 is 0 Å². The van der Waals surface area contributed by atoms with Gasteiger partial charge in [-0.25, -0.2) is 0 Å². The van der Waals surface area contributed by atoms with E-state index in [0.29, 0.717) is 12.1 Å². The van der Waals surface area contributed by atoms with Crippen molar-refractivity contribution in [1.29, 1.82) is 0 Å². The Kier molecular flexibility index (Phi) is 12.5. The normalized spacial score (nSPS) is 11.3. The highest BCUT2D eigenvalue weighted by Gasteiger charge is 2.12. The molecule has 0 fully saturated rings. The molecular weight excluding hydrogens is 311 g/mol. The van der Waals surface area contributed by atoms with Gasteiger partial charge in [-0.05, 0) is 32.1 Å². The molecule has 1 unspecified atom stereocenters. The molecule has 122 valence electrons. The van der Waals surface area contributed by atoms with E-state index in [4.69, 9.17) is 5.73 Å². The second-order valence-electron chi connectivity index (χ2n) is 4.60. The predicted molar refractivity (Wildman–Crippen MR) is 91.3 cm³/mol. The lowest BCUT2D eigenvalue weighted by Crippen LogP contribution is -2.42. The van der Waals surface area contributed by atoms with E-state index in [0.717, 1.165) is 25.3 Å². The minimum atomic E-state index is -0.0724. The average Bonchev–Trinajstić information content (AvgIpc) is 2.44. The Morgan fingerprint density at radius 1 is 1.38 bits per heavy atom. The molecule has 0 saturated heterocycles. The molecule has 0 spiro atoms. The average molecular weight is 337 g/mol. The van der Waals surface area contributed by atoms with Crippen molar-refractivity contribution in [3.05, 3.63) is 29.6 Å². The van der Waals surface area contributed by atoms with Gasteiger partial charge in [0, 0.05) is 30.9 Å². The molecule has 7 heteroatoms. The van der Waals surface area contributed by atoms with Crippen LogP contribution in [0.15, 0.2) is 18.3 Å². The lowest BCUT2D eigenvalue weighted by Gasteiger charge is -2.23. The van der Waals surface area contributed by atoms with Gasteiger partial charge in [0.05, 0.1) is 5.69 Å². The van der Waals surface area contributed by atoms with Crippen molar-refractivity contribution < 1.29 is 4.79 Å². The van der Waals surface area contributed by atoms with E-state index in [9.17, 15) is 4.79 Å². The second-order valence-corrected chi connectivity index (χ2v) is 4.60. The Hall–Kier alpha value is -0.880. The van der Waals surface area contributed by atoms with E-state index < -0.39 is 0 Å². The summed E-state index contributed by atoms with van der Waals surface area (Å²) in [5.41, 5.74) is 6.86. The molecule has 1 aromatic heterocycles. The van der Waals surface area contributed by atoms with Gasteiger partial charge < -0.3 is 16.0 Å². The molecule has 0 radical (unpaired) electrons. The lowest BCUT2D eigenvalue weighted by atomic mass is 10.2. The summed E-state index contributed by atoms with van der Waals surface area (Å²) in [5, 5.41) is 3.00. The van der Waals surface area contributed by atoms with E-state index in [-0.39, 0.29) is 36.8 Å². The number of likely N-dealkylation sites (N-methyl/N-ethyl adjacent to an activating group) is 1. The molecule has 1 heterocycles. The fourth-order valence-corrected chi connectivity index (χ4v) is 1.95. The summed E-state index contributed by atoms with van der Waals surface area (Å²) >= 11 is 0. The van der Waals surface area contributed by atoms with Crippen molar-refractivity contribution in [2.75, 3.05) is 19.6 Å². The molecule has 0 aliphatic rings. The molecule has 1 amide bonds. The number of pyridine rings is 1. The highest BCUT2D eigenvalue weighted by molar-refractivity contribution is 5.94. The maximum atomic E-state index is 12.1. The number of carbonyl (C=O) groups is 1. The van der Waals surface area contributed by atoms with Gasteiger partial charge in [-0.1, -0.05) is 13.8 Å². The molecule has 0 bridgehead atoms. The summed E-state index contributed by atoms with van der Waals surface area (Å²) in [5.74, 6) is -0.0724. The number of carbonyl (C=O) groups excluding carboxylic acids is 1. The topological polar surface area (TPSA) is 71.2 Å². The molecule has 5 nitrogen and oxygen atoms in total. The zero-order valence-electron chi connectivity index (χ0n) is 12.8. The number of aromatic nitrogens is 1. The van der Waals surface area contributed by atoms with Gasteiger partial charge in [0.1, 0.15) is 0 Å². The van der Waals surface area contributed by atoms with E-state index in [1.807, 2.05) is 6.92 Å². The fraction of sp³-hybridized carbons (Fsp3) is 0.571. The predicted octanol–water partition coefficient (Wildman–Crippen LogP) is 1.84. The summed E-state index contributed by atoms with van der Waals surface area (Å²) in [6, 6.07) is 3.56. The van der Waals surface area contributed by atoms with Crippen LogP contribution in [0.1, 0.15) is 36.8 Å². The summed E-state index contributed by atoms with van der Waals surface area (Å²) in [4.78, 5) is 18.4. The van der Waals surface area contributed by atoms with Crippen LogP contribution in [0.4, 0.5) is 0 Å². The number of nitrogens with zero attached hydrogens (tertiary/aromatic N) is 2. The minimum absolute atomic E-state index is 0. The Labute approximate surface area is 139 Å². The summed E-state index contributed by atoms with van der Waals surface area (Å²) in [6.07, 6.45) is 1.62. The van der Waals surface area contributed by atoms with Crippen LogP contribution in [0.25, 0.3) is 0 Å². The van der Waals surface area contributed by atoms with Crippen LogP contribution in [0.5, 0.6) is 0 Å². The molecule has 0 saturated carbocycles. The van der Waals surface area contributed by atoms with Crippen LogP contribution in [-0.4, -0.2) is 41.5 Å². The van der Waals surface area contributed by atoms with Crippen molar-refractivity contribution in [1.82, 2.24) is 15.2 Å². The number of halogens is 2. The van der Waals surface area contributed by atoms with Crippen LogP contribution in [0, 0.1) is 0 Å². The Morgan fingerprint density at radius 2 is 2.00 bits per heavy atom. The molecular formula is C14H26Cl2N4O. The SMILES string of the molecule is CCN(CC)CC(C)NC(=O)c1ccnc(CN)c1.Cl.Cl. The molecule has 3 N–H and O–H groups in total. The van der Waals surface area contributed by atoms with Crippen LogP contribution in [-0.2, 0) is 6.54 Å². The first-order valence-corrected chi connectivity index (χ1v) is 6.78. The molecule has 0 aromatic carbocycles. The Balaban J connectivity index is 0. The molecule has 1 aromatic rings. The second kappa shape index (κ2) is 11.7. The quantitative estimate of drug-likeness (QED) is 0.796. The maximum absolute atomic E-state index is 12.1. The first kappa shape index (κ1) is 22.4. The van der Waals surface area contributed by atoms with Gasteiger partial charge in [0.15, 0.2) is 0 Å². The van der Waals surface area contributed by atoms with Gasteiger partial charge in [0.25, 0.3) is 5.91 Å². The summed E-state index contributed by atoms with van der Waals surface area (Å²) < 4.78 is 0. The molecule has 1 atom stereocenters. The van der Waals surface area contributed by atoms with Crippen LogP contribution < -0.4 is 11.1 Å². The highest BCUT2D eigenvalue weighted by atomic mass is 35.5. The zero-order valence-corrected chi connectivity index (χ0v) is 14.5. The van der Waals surface area contributed by atoms with Gasteiger partial charge in [-0.2, -0.15) is 0 Å². The third-order valence-corrected chi connectivity index (χ3v) is 3.09. The van der Waals surface area contributed by atoms with Gasteiger partial charge in [-0.3, -0.25) is 9.78 Å². The molecule has 21 heavy (non-hydrogen) atoms. The Morgan fingerprint density at radius 3 is 2.52 bits per heavy atom. The van der Waals surface area contributed by atoms with Crippen molar-refractivity contribution >= 4 is 30.7 Å². The van der Waals surface area contributed by atoms with E-state index in [1.165, 1.54) is 0 Å². The zero-order chi connectivity index (χ0) is 14.3. The third kappa shape index (κ3) is 7.62. The number of nitrogens with two attached hydrogens (primary N) is 1. The van der Waals surface area contributed by atoms with Crippen LogP contribution in [0.3, 0.4) is 0 Å². The van der Waals surface area contributed by atoms with Gasteiger partial charge in [-0.15, -0.1) is 24.8 Å². The number of amides is 1. The highest BCUT2D eigenvalue weighted by Crippen LogP contribution is 2.02. The molecule has 0 aliphatic carbocycles. The van der Waals surface area contributed by atoms with Crippen molar-refractivity contribution in [2.45, 2.75) is 33.4 Å². The smallest absolute Gasteiger partial charge is 0.251 e. The van der Waals surface area contributed by atoms with E-state index in [1.54, 1.807) is 18.3 Å². The summed E-state index contributed by atoms with van der Waals surface area (Å²) in [7, 11) is 0. The number of rotatable bonds is 7. The van der Waals surface area contributed by atoms with Gasteiger partial charge in [0.2, 0.25) is 0 Å². The van der Waals surface area contributed by atoms with Crippen molar-refractivity contribution in [3.8, 4) is 0 Å². The monoisotopic (exact) mass is 336 g/mol. The van der Waals surface area contributed by atoms with E-state index >= 15 is 0 Å². The Bertz CT molecular complexity index is 414. The maximum Gasteiger partial charge on any atom is 0.251 e.